The summed E-state index contributed by atoms with van der Waals surface area (Å²) in [6, 6.07) is 5.08. The van der Waals surface area contributed by atoms with Crippen LogP contribution in [0.1, 0.15) is 42.5 Å². The van der Waals surface area contributed by atoms with E-state index in [1.54, 1.807) is 18.2 Å². The van der Waals surface area contributed by atoms with Gasteiger partial charge in [0.25, 0.3) is 5.91 Å². The van der Waals surface area contributed by atoms with Crippen LogP contribution in [0, 0.1) is 0 Å². The molecule has 0 unspecified atom stereocenters. The molecule has 2 rings (SSSR count). The molecule has 0 bridgehead atoms. The van der Waals surface area contributed by atoms with E-state index in [-0.39, 0.29) is 24.2 Å². The predicted molar refractivity (Wildman–Crippen MR) is 100 cm³/mol. The van der Waals surface area contributed by atoms with Gasteiger partial charge in [-0.25, -0.2) is 0 Å². The SMILES string of the molecule is CNCCCC(=O)Nc1ccc(C(=O)N2CCCCC2)c(Cl)c1.Cl. The van der Waals surface area contributed by atoms with Crippen LogP contribution in [0.5, 0.6) is 0 Å². The van der Waals surface area contributed by atoms with Crippen LogP contribution < -0.4 is 10.6 Å². The van der Waals surface area contributed by atoms with E-state index in [1.165, 1.54) is 6.42 Å². The first-order chi connectivity index (χ1) is 11.1. The molecule has 1 saturated heterocycles. The third kappa shape index (κ3) is 5.96. The number of halogens is 2. The van der Waals surface area contributed by atoms with Gasteiger partial charge in [-0.2, -0.15) is 0 Å². The maximum absolute atomic E-state index is 12.5. The van der Waals surface area contributed by atoms with Gasteiger partial charge in [-0.05, 0) is 57.5 Å². The average Bonchev–Trinajstić information content (AvgIpc) is 2.55. The number of amides is 2. The molecule has 1 aliphatic heterocycles. The molecule has 134 valence electrons. The van der Waals surface area contributed by atoms with Crippen molar-refractivity contribution in [2.45, 2.75) is 32.1 Å². The second-order valence-corrected chi connectivity index (χ2v) is 6.21. The Balaban J connectivity index is 0.00000288. The Morgan fingerprint density at radius 2 is 1.92 bits per heavy atom. The lowest BCUT2D eigenvalue weighted by Gasteiger charge is -2.27. The van der Waals surface area contributed by atoms with Crippen LogP contribution in [0.25, 0.3) is 0 Å². The second kappa shape index (κ2) is 10.5. The van der Waals surface area contributed by atoms with E-state index in [1.807, 2.05) is 11.9 Å². The maximum atomic E-state index is 12.5. The summed E-state index contributed by atoms with van der Waals surface area (Å²) in [5.74, 6) is -0.0759. The van der Waals surface area contributed by atoms with Crippen LogP contribution in [0.4, 0.5) is 5.69 Å². The summed E-state index contributed by atoms with van der Waals surface area (Å²) in [4.78, 5) is 26.1. The number of likely N-dealkylation sites (tertiary alicyclic amines) is 1. The number of piperidine rings is 1. The van der Waals surface area contributed by atoms with Crippen molar-refractivity contribution in [1.82, 2.24) is 10.2 Å². The zero-order chi connectivity index (χ0) is 16.7. The van der Waals surface area contributed by atoms with Gasteiger partial charge in [-0.3, -0.25) is 9.59 Å². The quantitative estimate of drug-likeness (QED) is 0.751. The normalized spacial score (nSPS) is 14.0. The van der Waals surface area contributed by atoms with Crippen molar-refractivity contribution in [3.63, 3.8) is 0 Å². The Kier molecular flexibility index (Phi) is 9.11. The van der Waals surface area contributed by atoms with E-state index in [4.69, 9.17) is 11.6 Å². The van der Waals surface area contributed by atoms with Crippen LogP contribution >= 0.6 is 24.0 Å². The summed E-state index contributed by atoms with van der Waals surface area (Å²) >= 11 is 6.24. The van der Waals surface area contributed by atoms with Crippen molar-refractivity contribution in [3.05, 3.63) is 28.8 Å². The third-order valence-corrected chi connectivity index (χ3v) is 4.27. The van der Waals surface area contributed by atoms with Crippen molar-refractivity contribution in [2.75, 3.05) is 32.0 Å². The van der Waals surface area contributed by atoms with Crippen LogP contribution in [-0.2, 0) is 4.79 Å². The number of rotatable bonds is 6. The van der Waals surface area contributed by atoms with Gasteiger partial charge in [0.05, 0.1) is 10.6 Å². The molecule has 0 atom stereocenters. The number of benzene rings is 1. The Morgan fingerprint density at radius 3 is 2.54 bits per heavy atom. The van der Waals surface area contributed by atoms with Crippen LogP contribution in [0.2, 0.25) is 5.02 Å². The lowest BCUT2D eigenvalue weighted by Crippen LogP contribution is -2.35. The summed E-state index contributed by atoms with van der Waals surface area (Å²) in [5, 5.41) is 6.20. The Morgan fingerprint density at radius 1 is 1.21 bits per heavy atom. The van der Waals surface area contributed by atoms with Crippen molar-refractivity contribution >= 4 is 41.5 Å². The van der Waals surface area contributed by atoms with E-state index >= 15 is 0 Å². The van der Waals surface area contributed by atoms with Gasteiger partial charge in [-0.1, -0.05) is 11.6 Å². The molecule has 0 radical (unpaired) electrons. The highest BCUT2D eigenvalue weighted by atomic mass is 35.5. The topological polar surface area (TPSA) is 61.4 Å². The largest absolute Gasteiger partial charge is 0.339 e. The molecule has 1 aliphatic rings. The van der Waals surface area contributed by atoms with Gasteiger partial charge in [0, 0.05) is 25.2 Å². The van der Waals surface area contributed by atoms with Gasteiger partial charge < -0.3 is 15.5 Å². The van der Waals surface area contributed by atoms with Crippen LogP contribution in [0.3, 0.4) is 0 Å². The van der Waals surface area contributed by atoms with Gasteiger partial charge in [0.1, 0.15) is 0 Å². The van der Waals surface area contributed by atoms with Crippen LogP contribution in [-0.4, -0.2) is 43.4 Å². The summed E-state index contributed by atoms with van der Waals surface area (Å²) in [6.07, 6.45) is 4.50. The van der Waals surface area contributed by atoms with E-state index < -0.39 is 0 Å². The maximum Gasteiger partial charge on any atom is 0.255 e. The molecule has 0 saturated carbocycles. The fraction of sp³-hybridized carbons (Fsp3) is 0.529. The first-order valence-corrected chi connectivity index (χ1v) is 8.53. The molecule has 0 spiro atoms. The molecule has 2 amide bonds. The molecular weight excluding hydrogens is 349 g/mol. The number of carbonyl (C=O) groups is 2. The van der Waals surface area contributed by atoms with E-state index in [0.29, 0.717) is 22.7 Å². The van der Waals surface area contributed by atoms with Crippen molar-refractivity contribution in [2.24, 2.45) is 0 Å². The van der Waals surface area contributed by atoms with Gasteiger partial charge in [0.2, 0.25) is 5.91 Å². The molecule has 0 aromatic heterocycles. The molecule has 1 fully saturated rings. The molecule has 7 heteroatoms. The fourth-order valence-corrected chi connectivity index (χ4v) is 2.94. The molecular formula is C17H25Cl2N3O2. The summed E-state index contributed by atoms with van der Waals surface area (Å²) in [6.45, 7) is 2.38. The number of hydrogen-bond donors (Lipinski definition) is 2. The summed E-state index contributed by atoms with van der Waals surface area (Å²) in [5.41, 5.74) is 1.13. The number of nitrogens with one attached hydrogen (secondary N) is 2. The summed E-state index contributed by atoms with van der Waals surface area (Å²) < 4.78 is 0. The standard InChI is InChI=1S/C17H24ClN3O2.ClH/c1-19-9-5-6-16(22)20-13-7-8-14(15(18)12-13)17(23)21-10-3-2-4-11-21;/h7-8,12,19H,2-6,9-11H2,1H3,(H,20,22);1H. The van der Waals surface area contributed by atoms with Crippen molar-refractivity contribution in [3.8, 4) is 0 Å². The molecule has 5 nitrogen and oxygen atoms in total. The zero-order valence-electron chi connectivity index (χ0n) is 13.9. The van der Waals surface area contributed by atoms with E-state index in [9.17, 15) is 9.59 Å². The molecule has 0 aliphatic carbocycles. The van der Waals surface area contributed by atoms with Gasteiger partial charge in [-0.15, -0.1) is 12.4 Å². The van der Waals surface area contributed by atoms with Crippen LogP contribution in [0.15, 0.2) is 18.2 Å². The number of nitrogens with zero attached hydrogens (tertiary/aromatic N) is 1. The van der Waals surface area contributed by atoms with E-state index in [0.717, 1.165) is 38.9 Å². The Bertz CT molecular complexity index is 561. The molecule has 1 heterocycles. The lowest BCUT2D eigenvalue weighted by atomic mass is 10.1. The van der Waals surface area contributed by atoms with Crippen molar-refractivity contribution in [1.29, 1.82) is 0 Å². The molecule has 1 aromatic rings. The minimum absolute atomic E-state index is 0. The molecule has 1 aromatic carbocycles. The smallest absolute Gasteiger partial charge is 0.255 e. The lowest BCUT2D eigenvalue weighted by molar-refractivity contribution is -0.116. The van der Waals surface area contributed by atoms with E-state index in [2.05, 4.69) is 10.6 Å². The number of anilines is 1. The monoisotopic (exact) mass is 373 g/mol. The van der Waals surface area contributed by atoms with Crippen molar-refractivity contribution < 1.29 is 9.59 Å². The number of hydrogen-bond acceptors (Lipinski definition) is 3. The average molecular weight is 374 g/mol. The molecule has 2 N–H and O–H groups in total. The minimum atomic E-state index is -0.0496. The van der Waals surface area contributed by atoms with Gasteiger partial charge >= 0.3 is 0 Å². The molecule has 24 heavy (non-hydrogen) atoms. The first kappa shape index (κ1) is 20.7. The minimum Gasteiger partial charge on any atom is -0.339 e. The highest BCUT2D eigenvalue weighted by molar-refractivity contribution is 6.34. The second-order valence-electron chi connectivity index (χ2n) is 5.80. The Hall–Kier alpha value is -1.30. The Labute approximate surface area is 154 Å². The highest BCUT2D eigenvalue weighted by Gasteiger charge is 2.20. The highest BCUT2D eigenvalue weighted by Crippen LogP contribution is 2.24. The zero-order valence-corrected chi connectivity index (χ0v) is 15.5. The predicted octanol–water partition coefficient (Wildman–Crippen LogP) is 3.33. The van der Waals surface area contributed by atoms with Gasteiger partial charge in [0.15, 0.2) is 0 Å². The first-order valence-electron chi connectivity index (χ1n) is 8.15. The number of carbonyl (C=O) groups excluding carboxylic acids is 2. The third-order valence-electron chi connectivity index (χ3n) is 3.96. The fourth-order valence-electron chi connectivity index (χ4n) is 2.68. The summed E-state index contributed by atoms with van der Waals surface area (Å²) in [7, 11) is 1.86.